The number of aliphatic hydroxyl groups excluding tert-OH is 2. The van der Waals surface area contributed by atoms with Gasteiger partial charge in [0.15, 0.2) is 6.23 Å². The van der Waals surface area contributed by atoms with Gasteiger partial charge in [0.2, 0.25) is 0 Å². The summed E-state index contributed by atoms with van der Waals surface area (Å²) in [7, 11) is 0. The predicted molar refractivity (Wildman–Crippen MR) is 69.6 cm³/mol. The molecule has 2 aromatic heterocycles. The van der Waals surface area contributed by atoms with Crippen molar-refractivity contribution >= 4 is 16.9 Å². The van der Waals surface area contributed by atoms with Gasteiger partial charge < -0.3 is 30.4 Å². The van der Waals surface area contributed by atoms with E-state index in [-0.39, 0.29) is 6.61 Å². The topological polar surface area (TPSA) is 127 Å². The van der Waals surface area contributed by atoms with Gasteiger partial charge in [-0.3, -0.25) is 0 Å². The van der Waals surface area contributed by atoms with E-state index in [1.54, 1.807) is 16.8 Å². The average molecular weight is 280 g/mol. The molecule has 0 aromatic carbocycles. The zero-order valence-corrected chi connectivity index (χ0v) is 10.8. The van der Waals surface area contributed by atoms with Gasteiger partial charge in [-0.15, -0.1) is 0 Å². The molecule has 0 radical (unpaired) electrons. The van der Waals surface area contributed by atoms with E-state index >= 15 is 0 Å². The van der Waals surface area contributed by atoms with E-state index in [4.69, 9.17) is 10.5 Å². The standard InChI is InChI=1S/C12H16N4O4/c1-12(19)8(18)7(4-17)20-11(12)16-3-2-6-9(13)14-5-15-10(6)16/h2-3,5,7-8,11,17-19H,4H2,1H3,(H2,13,14,15)/t7?,8?,11?,12-/m1/s1. The van der Waals surface area contributed by atoms with Crippen molar-refractivity contribution in [3.63, 3.8) is 0 Å². The van der Waals surface area contributed by atoms with Crippen molar-refractivity contribution in [1.82, 2.24) is 14.5 Å². The van der Waals surface area contributed by atoms with Crippen LogP contribution in [-0.2, 0) is 4.74 Å². The predicted octanol–water partition coefficient (Wildman–Crippen LogP) is -0.985. The third-order valence-corrected chi connectivity index (χ3v) is 3.73. The number of hydrogen-bond acceptors (Lipinski definition) is 7. The van der Waals surface area contributed by atoms with Crippen molar-refractivity contribution < 1.29 is 20.1 Å². The molecular weight excluding hydrogens is 264 g/mol. The summed E-state index contributed by atoms with van der Waals surface area (Å²) >= 11 is 0. The highest BCUT2D eigenvalue weighted by Crippen LogP contribution is 2.39. The van der Waals surface area contributed by atoms with Crippen LogP contribution >= 0.6 is 0 Å². The minimum absolute atomic E-state index is 0.325. The van der Waals surface area contributed by atoms with E-state index in [1.807, 2.05) is 0 Å². The lowest BCUT2D eigenvalue weighted by molar-refractivity contribution is -0.0948. The number of fused-ring (bicyclic) bond motifs is 1. The Kier molecular flexibility index (Phi) is 2.91. The second-order valence-electron chi connectivity index (χ2n) is 5.10. The highest BCUT2D eigenvalue weighted by Gasteiger charge is 2.53. The summed E-state index contributed by atoms with van der Waals surface area (Å²) in [5.41, 5.74) is 4.70. The van der Waals surface area contributed by atoms with Crippen molar-refractivity contribution in [2.24, 2.45) is 0 Å². The lowest BCUT2D eigenvalue weighted by Crippen LogP contribution is -2.44. The molecule has 0 amide bonds. The number of nitrogens with zero attached hydrogens (tertiary/aromatic N) is 3. The van der Waals surface area contributed by atoms with Crippen molar-refractivity contribution in [3.8, 4) is 0 Å². The number of hydrogen-bond donors (Lipinski definition) is 4. The van der Waals surface area contributed by atoms with Gasteiger partial charge >= 0.3 is 0 Å². The monoisotopic (exact) mass is 280 g/mol. The number of nitrogens with two attached hydrogens (primary N) is 1. The fraction of sp³-hybridized carbons (Fsp3) is 0.500. The molecule has 8 heteroatoms. The molecule has 0 aliphatic carbocycles. The first-order valence-corrected chi connectivity index (χ1v) is 6.20. The molecule has 20 heavy (non-hydrogen) atoms. The van der Waals surface area contributed by atoms with Gasteiger partial charge in [0.25, 0.3) is 0 Å². The number of nitrogen functional groups attached to an aromatic ring is 1. The van der Waals surface area contributed by atoms with E-state index in [1.165, 1.54) is 13.3 Å². The summed E-state index contributed by atoms with van der Waals surface area (Å²) in [5, 5.41) is 30.3. The molecular formula is C12H16N4O4. The molecule has 3 unspecified atom stereocenters. The Hall–Kier alpha value is -1.74. The largest absolute Gasteiger partial charge is 0.394 e. The summed E-state index contributed by atoms with van der Waals surface area (Å²) in [6.45, 7) is 1.07. The van der Waals surface area contributed by atoms with Crippen LogP contribution in [0, 0.1) is 0 Å². The fourth-order valence-corrected chi connectivity index (χ4v) is 2.57. The molecule has 5 N–H and O–H groups in total. The highest BCUT2D eigenvalue weighted by atomic mass is 16.6. The SMILES string of the molecule is C[C@@]1(O)C(O)C(CO)OC1n1ccc2c(N)ncnc21. The maximum Gasteiger partial charge on any atom is 0.167 e. The Morgan fingerprint density at radius 1 is 1.50 bits per heavy atom. The molecule has 3 rings (SSSR count). The summed E-state index contributed by atoms with van der Waals surface area (Å²) in [6.07, 6.45) is 0.0428. The number of anilines is 1. The Labute approximate surface area is 114 Å². The van der Waals surface area contributed by atoms with E-state index < -0.39 is 24.0 Å². The Morgan fingerprint density at radius 3 is 2.90 bits per heavy atom. The Bertz CT molecular complexity index is 641. The zero-order valence-electron chi connectivity index (χ0n) is 10.8. The third kappa shape index (κ3) is 1.70. The van der Waals surface area contributed by atoms with Crippen LogP contribution in [0.1, 0.15) is 13.2 Å². The molecule has 1 aliphatic rings. The van der Waals surface area contributed by atoms with Crippen molar-refractivity contribution in [1.29, 1.82) is 0 Å². The molecule has 1 fully saturated rings. The van der Waals surface area contributed by atoms with Crippen molar-refractivity contribution in [2.75, 3.05) is 12.3 Å². The van der Waals surface area contributed by atoms with Gasteiger partial charge in [-0.25, -0.2) is 9.97 Å². The fourth-order valence-electron chi connectivity index (χ4n) is 2.57. The van der Waals surface area contributed by atoms with E-state index in [0.717, 1.165) is 0 Å². The molecule has 8 nitrogen and oxygen atoms in total. The molecule has 4 atom stereocenters. The molecule has 0 spiro atoms. The molecule has 0 saturated carbocycles. The Morgan fingerprint density at radius 2 is 2.25 bits per heavy atom. The van der Waals surface area contributed by atoms with Crippen LogP contribution < -0.4 is 5.73 Å². The van der Waals surface area contributed by atoms with Gasteiger partial charge in [0, 0.05) is 6.20 Å². The summed E-state index contributed by atoms with van der Waals surface area (Å²) in [6, 6.07) is 1.71. The van der Waals surface area contributed by atoms with E-state index in [9.17, 15) is 15.3 Å². The van der Waals surface area contributed by atoms with Crippen LogP contribution in [0.25, 0.3) is 11.0 Å². The average Bonchev–Trinajstić information content (AvgIpc) is 2.92. The number of aromatic nitrogens is 3. The van der Waals surface area contributed by atoms with Gasteiger partial charge in [-0.05, 0) is 13.0 Å². The van der Waals surface area contributed by atoms with Crippen LogP contribution in [0.15, 0.2) is 18.6 Å². The number of aliphatic hydroxyl groups is 3. The summed E-state index contributed by atoms with van der Waals surface area (Å²) < 4.78 is 7.12. The summed E-state index contributed by atoms with van der Waals surface area (Å²) in [5.74, 6) is 0.325. The van der Waals surface area contributed by atoms with Gasteiger partial charge in [-0.1, -0.05) is 0 Å². The van der Waals surface area contributed by atoms with Gasteiger partial charge in [0.1, 0.15) is 35.6 Å². The second kappa shape index (κ2) is 4.38. The molecule has 3 heterocycles. The molecule has 1 aliphatic heterocycles. The van der Waals surface area contributed by atoms with Crippen molar-refractivity contribution in [2.45, 2.75) is 31.0 Å². The number of rotatable bonds is 2. The normalized spacial score (nSPS) is 33.9. The summed E-state index contributed by atoms with van der Waals surface area (Å²) in [4.78, 5) is 8.01. The van der Waals surface area contributed by atoms with Crippen LogP contribution in [-0.4, -0.2) is 54.3 Å². The van der Waals surface area contributed by atoms with Crippen LogP contribution in [0.4, 0.5) is 5.82 Å². The lowest BCUT2D eigenvalue weighted by atomic mass is 9.96. The third-order valence-electron chi connectivity index (χ3n) is 3.73. The first-order valence-electron chi connectivity index (χ1n) is 6.20. The molecule has 0 bridgehead atoms. The maximum atomic E-state index is 10.4. The van der Waals surface area contributed by atoms with Crippen molar-refractivity contribution in [3.05, 3.63) is 18.6 Å². The smallest absolute Gasteiger partial charge is 0.167 e. The lowest BCUT2D eigenvalue weighted by Gasteiger charge is -2.27. The first-order chi connectivity index (χ1) is 9.46. The van der Waals surface area contributed by atoms with E-state index in [2.05, 4.69) is 9.97 Å². The Balaban J connectivity index is 2.10. The quantitative estimate of drug-likeness (QED) is 0.556. The van der Waals surface area contributed by atoms with Gasteiger partial charge in [0.05, 0.1) is 12.0 Å². The molecule has 2 aromatic rings. The highest BCUT2D eigenvalue weighted by molar-refractivity contribution is 5.86. The van der Waals surface area contributed by atoms with Crippen LogP contribution in [0.2, 0.25) is 0 Å². The molecule has 108 valence electrons. The first kappa shape index (κ1) is 13.3. The second-order valence-corrected chi connectivity index (χ2v) is 5.10. The van der Waals surface area contributed by atoms with Crippen LogP contribution in [0.3, 0.4) is 0 Å². The number of ether oxygens (including phenoxy) is 1. The molecule has 1 saturated heterocycles. The van der Waals surface area contributed by atoms with Crippen LogP contribution in [0.5, 0.6) is 0 Å². The minimum Gasteiger partial charge on any atom is -0.394 e. The zero-order chi connectivity index (χ0) is 14.5. The minimum atomic E-state index is -1.56. The maximum absolute atomic E-state index is 10.4. The van der Waals surface area contributed by atoms with Gasteiger partial charge in [-0.2, -0.15) is 0 Å². The van der Waals surface area contributed by atoms with E-state index in [0.29, 0.717) is 16.9 Å².